The van der Waals surface area contributed by atoms with Gasteiger partial charge in [0, 0.05) is 13.2 Å². The fourth-order valence-corrected chi connectivity index (χ4v) is 1.37. The van der Waals surface area contributed by atoms with Crippen LogP contribution < -0.4 is 0 Å². The van der Waals surface area contributed by atoms with Crippen LogP contribution in [-0.2, 0) is 0 Å². The molecule has 0 spiro atoms. The van der Waals surface area contributed by atoms with Crippen LogP contribution in [0.1, 0.15) is 12.8 Å². The maximum atomic E-state index is 6.87. The van der Waals surface area contributed by atoms with Crippen LogP contribution in [0, 0.1) is 5.41 Å². The zero-order valence-corrected chi connectivity index (χ0v) is 8.40. The molecule has 4 nitrogen and oxygen atoms in total. The van der Waals surface area contributed by atoms with Gasteiger partial charge in [-0.25, -0.2) is 5.01 Å². The second-order valence-corrected chi connectivity index (χ2v) is 3.40. The third-order valence-electron chi connectivity index (χ3n) is 2.03. The first kappa shape index (κ1) is 10.2. The van der Waals surface area contributed by atoms with Crippen molar-refractivity contribution in [3.05, 3.63) is 12.3 Å². The number of nitrogens with one attached hydrogen (secondary N) is 1. The van der Waals surface area contributed by atoms with Gasteiger partial charge in [0.1, 0.15) is 0 Å². The van der Waals surface area contributed by atoms with Gasteiger partial charge in [-0.2, -0.15) is 0 Å². The Morgan fingerprint density at radius 2 is 2.00 bits per heavy atom. The maximum absolute atomic E-state index is 6.87. The van der Waals surface area contributed by atoms with E-state index >= 15 is 0 Å². The predicted octanol–water partition coefficient (Wildman–Crippen LogP) is 0.939. The molecule has 0 aromatic carbocycles. The van der Waals surface area contributed by atoms with E-state index in [4.69, 9.17) is 5.41 Å². The molecule has 1 aliphatic heterocycles. The van der Waals surface area contributed by atoms with E-state index in [1.54, 1.807) is 0 Å². The van der Waals surface area contributed by atoms with Crippen LogP contribution in [-0.4, -0.2) is 48.6 Å². The standard InChI is InChI=1S/C9H18N4/c1-11-8-12(2)13(9-11)7-5-3-4-6-10/h5-7,10H,3-4,8-9H2,1-2H3/b7-5-,10-6?. The molecule has 1 rings (SSSR count). The largest absolute Gasteiger partial charge is 0.313 e. The Kier molecular flexibility index (Phi) is 3.92. The molecule has 0 bridgehead atoms. The van der Waals surface area contributed by atoms with Crippen LogP contribution in [0.4, 0.5) is 0 Å². The van der Waals surface area contributed by atoms with Crippen LogP contribution in [0.5, 0.6) is 0 Å². The number of hydrazine groups is 1. The minimum absolute atomic E-state index is 0.837. The highest BCUT2D eigenvalue weighted by Crippen LogP contribution is 2.07. The topological polar surface area (TPSA) is 33.6 Å². The van der Waals surface area contributed by atoms with Crippen molar-refractivity contribution in [3.8, 4) is 0 Å². The number of rotatable bonds is 4. The zero-order valence-electron chi connectivity index (χ0n) is 8.40. The molecule has 4 heteroatoms. The van der Waals surface area contributed by atoms with Crippen LogP contribution >= 0.6 is 0 Å². The molecule has 1 fully saturated rings. The highest BCUT2D eigenvalue weighted by Gasteiger charge is 2.18. The normalized spacial score (nSPS) is 20.3. The third kappa shape index (κ3) is 3.16. The van der Waals surface area contributed by atoms with E-state index in [-0.39, 0.29) is 0 Å². The van der Waals surface area contributed by atoms with E-state index in [1.807, 2.05) is 0 Å². The molecule has 0 aromatic heterocycles. The van der Waals surface area contributed by atoms with Crippen LogP contribution in [0.15, 0.2) is 12.3 Å². The van der Waals surface area contributed by atoms with Crippen LogP contribution in [0.2, 0.25) is 0 Å². The van der Waals surface area contributed by atoms with Crippen molar-refractivity contribution in [2.75, 3.05) is 27.4 Å². The van der Waals surface area contributed by atoms with Crippen molar-refractivity contribution >= 4 is 6.21 Å². The summed E-state index contributed by atoms with van der Waals surface area (Å²) in [6.07, 6.45) is 7.44. The zero-order chi connectivity index (χ0) is 9.68. The fourth-order valence-electron chi connectivity index (χ4n) is 1.37. The first-order chi connectivity index (χ1) is 6.24. The monoisotopic (exact) mass is 182 g/mol. The van der Waals surface area contributed by atoms with Crippen molar-refractivity contribution in [2.45, 2.75) is 12.8 Å². The Balaban J connectivity index is 2.27. The van der Waals surface area contributed by atoms with Crippen LogP contribution in [0.3, 0.4) is 0 Å². The maximum Gasteiger partial charge on any atom is 0.0867 e. The van der Waals surface area contributed by atoms with E-state index in [2.05, 4.69) is 41.3 Å². The van der Waals surface area contributed by atoms with E-state index in [0.717, 1.165) is 26.2 Å². The molecule has 0 aliphatic carbocycles. The molecule has 0 aromatic rings. The Morgan fingerprint density at radius 3 is 2.54 bits per heavy atom. The second-order valence-electron chi connectivity index (χ2n) is 3.40. The summed E-state index contributed by atoms with van der Waals surface area (Å²) < 4.78 is 0. The summed E-state index contributed by atoms with van der Waals surface area (Å²) in [6, 6.07) is 0. The Hall–Kier alpha value is -0.870. The first-order valence-corrected chi connectivity index (χ1v) is 4.56. The van der Waals surface area contributed by atoms with Gasteiger partial charge < -0.3 is 5.41 Å². The molecule has 0 atom stereocenters. The quantitative estimate of drug-likeness (QED) is 0.519. The van der Waals surface area contributed by atoms with Crippen molar-refractivity contribution in [2.24, 2.45) is 0 Å². The summed E-state index contributed by atoms with van der Waals surface area (Å²) in [6.45, 7) is 1.94. The lowest BCUT2D eigenvalue weighted by atomic mass is 10.3. The van der Waals surface area contributed by atoms with E-state index in [9.17, 15) is 0 Å². The minimum Gasteiger partial charge on any atom is -0.313 e. The number of nitrogens with zero attached hydrogens (tertiary/aromatic N) is 3. The van der Waals surface area contributed by atoms with Gasteiger partial charge in [0.15, 0.2) is 0 Å². The summed E-state index contributed by atoms with van der Waals surface area (Å²) in [5.74, 6) is 0. The number of unbranched alkanes of at least 4 members (excludes halogenated alkanes) is 1. The molecule has 0 saturated carbocycles. The first-order valence-electron chi connectivity index (χ1n) is 4.56. The van der Waals surface area contributed by atoms with Gasteiger partial charge in [0.2, 0.25) is 0 Å². The van der Waals surface area contributed by atoms with Crippen LogP contribution in [0.25, 0.3) is 0 Å². The van der Waals surface area contributed by atoms with Gasteiger partial charge in [0.25, 0.3) is 0 Å². The molecule has 1 N–H and O–H groups in total. The lowest BCUT2D eigenvalue weighted by Crippen LogP contribution is -2.27. The van der Waals surface area contributed by atoms with Crippen molar-refractivity contribution in [1.29, 1.82) is 5.41 Å². The summed E-state index contributed by atoms with van der Waals surface area (Å²) >= 11 is 0. The molecule has 0 amide bonds. The molecule has 13 heavy (non-hydrogen) atoms. The van der Waals surface area contributed by atoms with Gasteiger partial charge in [-0.1, -0.05) is 6.08 Å². The van der Waals surface area contributed by atoms with Gasteiger partial charge in [0.05, 0.1) is 13.3 Å². The molecule has 0 unspecified atom stereocenters. The Morgan fingerprint density at radius 1 is 1.23 bits per heavy atom. The number of allylic oxidation sites excluding steroid dienone is 1. The van der Waals surface area contributed by atoms with Gasteiger partial charge in [-0.3, -0.25) is 9.91 Å². The van der Waals surface area contributed by atoms with Gasteiger partial charge in [-0.15, -0.1) is 0 Å². The number of hydrogen-bond donors (Lipinski definition) is 1. The highest BCUT2D eigenvalue weighted by atomic mass is 15.7. The average Bonchev–Trinajstić information content (AvgIpc) is 2.39. The summed E-state index contributed by atoms with van der Waals surface area (Å²) in [4.78, 5) is 2.24. The molecule has 1 saturated heterocycles. The van der Waals surface area contributed by atoms with E-state index in [0.29, 0.717) is 0 Å². The summed E-state index contributed by atoms with van der Waals surface area (Å²) in [7, 11) is 4.17. The highest BCUT2D eigenvalue weighted by molar-refractivity contribution is 5.52. The van der Waals surface area contributed by atoms with Gasteiger partial charge >= 0.3 is 0 Å². The van der Waals surface area contributed by atoms with Crippen molar-refractivity contribution < 1.29 is 0 Å². The average molecular weight is 182 g/mol. The molecule has 1 aliphatic rings. The van der Waals surface area contributed by atoms with Crippen molar-refractivity contribution in [3.63, 3.8) is 0 Å². The second kappa shape index (κ2) is 4.99. The smallest absolute Gasteiger partial charge is 0.0867 e. The minimum atomic E-state index is 0.837. The molecule has 74 valence electrons. The third-order valence-corrected chi connectivity index (χ3v) is 2.03. The summed E-state index contributed by atoms with van der Waals surface area (Å²) in [5, 5.41) is 11.2. The van der Waals surface area contributed by atoms with E-state index < -0.39 is 0 Å². The number of hydrogen-bond acceptors (Lipinski definition) is 4. The summed E-state index contributed by atoms with van der Waals surface area (Å²) in [5.41, 5.74) is 0. The van der Waals surface area contributed by atoms with E-state index in [1.165, 1.54) is 6.21 Å². The SMILES string of the molecule is CN1CN(C)N(/C=C\CCC=N)C1. The van der Waals surface area contributed by atoms with Crippen molar-refractivity contribution in [1.82, 2.24) is 14.9 Å². The fraction of sp³-hybridized carbons (Fsp3) is 0.667. The molecular weight excluding hydrogens is 164 g/mol. The molecule has 0 radical (unpaired) electrons. The Bertz CT molecular complexity index is 190. The Labute approximate surface area is 79.9 Å². The molecular formula is C9H18N4. The predicted molar refractivity (Wildman–Crippen MR) is 54.3 cm³/mol. The lowest BCUT2D eigenvalue weighted by Gasteiger charge is -2.19. The molecule has 1 heterocycles. The van der Waals surface area contributed by atoms with Gasteiger partial charge in [-0.05, 0) is 26.1 Å². The lowest BCUT2D eigenvalue weighted by molar-refractivity contribution is 0.116.